The van der Waals surface area contributed by atoms with Crippen LogP contribution in [0.1, 0.15) is 55.1 Å². The number of nitrogens with one attached hydrogen (secondary N) is 1. The van der Waals surface area contributed by atoms with Crippen LogP contribution in [-0.4, -0.2) is 28.8 Å². The minimum Gasteiger partial charge on any atom is -0.480 e. The number of halogens is 2. The third-order valence-electron chi connectivity index (χ3n) is 6.47. The monoisotopic (exact) mass is 524 g/mol. The molecule has 0 fully saturated rings. The highest BCUT2D eigenvalue weighted by Gasteiger charge is 2.36. The molecule has 1 aliphatic rings. The zero-order chi connectivity index (χ0) is 26.6. The van der Waals surface area contributed by atoms with Crippen molar-refractivity contribution in [1.29, 1.82) is 5.26 Å². The summed E-state index contributed by atoms with van der Waals surface area (Å²) in [6, 6.07) is 12.1. The van der Waals surface area contributed by atoms with Crippen molar-refractivity contribution in [3.8, 4) is 6.07 Å². The van der Waals surface area contributed by atoms with Crippen molar-refractivity contribution in [2.24, 2.45) is 5.41 Å². The summed E-state index contributed by atoms with van der Waals surface area (Å²) < 4.78 is 0. The predicted molar refractivity (Wildman–Crippen MR) is 139 cm³/mol. The largest absolute Gasteiger partial charge is 0.480 e. The Kier molecular flexibility index (Phi) is 8.39. The molecule has 1 aliphatic carbocycles. The van der Waals surface area contributed by atoms with E-state index in [-0.39, 0.29) is 27.8 Å². The van der Waals surface area contributed by atoms with Crippen LogP contribution in [0.4, 0.5) is 0 Å². The highest BCUT2D eigenvalue weighted by molar-refractivity contribution is 6.41. The van der Waals surface area contributed by atoms with Gasteiger partial charge in [0.25, 0.3) is 0 Å². The normalized spacial score (nSPS) is 16.8. The van der Waals surface area contributed by atoms with Crippen LogP contribution in [0.15, 0.2) is 65.3 Å². The lowest BCUT2D eigenvalue weighted by atomic mass is 9.70. The van der Waals surface area contributed by atoms with Crippen LogP contribution < -0.4 is 5.32 Å². The summed E-state index contributed by atoms with van der Waals surface area (Å²) in [4.78, 5) is 38.1. The van der Waals surface area contributed by atoms with Gasteiger partial charge in [-0.3, -0.25) is 9.59 Å². The maximum Gasteiger partial charge on any atom is 0.326 e. The van der Waals surface area contributed by atoms with E-state index >= 15 is 0 Å². The van der Waals surface area contributed by atoms with Gasteiger partial charge in [0, 0.05) is 23.6 Å². The zero-order valence-electron chi connectivity index (χ0n) is 20.2. The number of nitriles is 1. The molecule has 1 amide bonds. The number of nitrogens with zero attached hydrogens (tertiary/aromatic N) is 1. The molecule has 0 heterocycles. The van der Waals surface area contributed by atoms with Crippen LogP contribution in [-0.2, 0) is 16.0 Å². The number of ketones is 1. The first-order valence-electron chi connectivity index (χ1n) is 11.4. The highest BCUT2D eigenvalue weighted by atomic mass is 35.5. The van der Waals surface area contributed by atoms with Gasteiger partial charge in [-0.2, -0.15) is 5.26 Å². The van der Waals surface area contributed by atoms with Crippen molar-refractivity contribution in [2.45, 2.75) is 46.1 Å². The van der Waals surface area contributed by atoms with Crippen LogP contribution in [0.5, 0.6) is 0 Å². The molecule has 0 unspecified atom stereocenters. The number of amides is 1. The molecule has 0 saturated carbocycles. The first-order chi connectivity index (χ1) is 17.0. The Bertz CT molecular complexity index is 1300. The van der Waals surface area contributed by atoms with Gasteiger partial charge in [-0.25, -0.2) is 4.79 Å². The third kappa shape index (κ3) is 5.87. The molecule has 8 heteroatoms. The van der Waals surface area contributed by atoms with Crippen molar-refractivity contribution in [3.63, 3.8) is 0 Å². The van der Waals surface area contributed by atoms with Crippen LogP contribution in [0.2, 0.25) is 10.0 Å². The van der Waals surface area contributed by atoms with E-state index in [1.54, 1.807) is 49.4 Å². The lowest BCUT2D eigenvalue weighted by Gasteiger charge is -2.35. The molecule has 36 heavy (non-hydrogen) atoms. The van der Waals surface area contributed by atoms with Crippen molar-refractivity contribution < 1.29 is 19.5 Å². The Labute approximate surface area is 220 Å². The van der Waals surface area contributed by atoms with Crippen LogP contribution in [0, 0.1) is 16.7 Å². The average Bonchev–Trinajstić information content (AvgIpc) is 2.80. The zero-order valence-corrected chi connectivity index (χ0v) is 21.7. The van der Waals surface area contributed by atoms with Gasteiger partial charge in [0.2, 0.25) is 5.91 Å². The number of carboxylic acids is 1. The fourth-order valence-electron chi connectivity index (χ4n) is 4.48. The number of hydrogen-bond acceptors (Lipinski definition) is 4. The van der Waals surface area contributed by atoms with E-state index in [0.29, 0.717) is 35.1 Å². The van der Waals surface area contributed by atoms with E-state index in [1.807, 2.05) is 19.9 Å². The number of rotatable bonds is 7. The molecule has 0 bridgehead atoms. The van der Waals surface area contributed by atoms with E-state index in [1.165, 1.54) is 6.08 Å². The smallest absolute Gasteiger partial charge is 0.326 e. The fraction of sp³-hybridized carbons (Fsp3) is 0.286. The number of carbonyl (C=O) groups is 3. The number of carbonyl (C=O) groups excluding carboxylic acids is 2. The number of hydrogen-bond donors (Lipinski definition) is 2. The van der Waals surface area contributed by atoms with Crippen molar-refractivity contribution in [2.75, 3.05) is 0 Å². The molecule has 0 aliphatic heterocycles. The van der Waals surface area contributed by atoms with Crippen LogP contribution in [0.25, 0.3) is 0 Å². The quantitative estimate of drug-likeness (QED) is 0.345. The Balaban J connectivity index is 1.81. The molecule has 2 aromatic rings. The van der Waals surface area contributed by atoms with Crippen molar-refractivity contribution in [1.82, 2.24) is 5.32 Å². The topological polar surface area (TPSA) is 107 Å². The first-order valence-corrected chi connectivity index (χ1v) is 12.1. The Morgan fingerprint density at radius 2 is 1.75 bits per heavy atom. The summed E-state index contributed by atoms with van der Waals surface area (Å²) >= 11 is 12.3. The summed E-state index contributed by atoms with van der Waals surface area (Å²) in [5.74, 6) is -1.98. The number of allylic oxidation sites excluding steroid dienone is 3. The summed E-state index contributed by atoms with van der Waals surface area (Å²) in [6.45, 7) is 5.66. The molecule has 2 N–H and O–H groups in total. The summed E-state index contributed by atoms with van der Waals surface area (Å²) in [5.41, 5.74) is 2.69. The van der Waals surface area contributed by atoms with Crippen LogP contribution in [0.3, 0.4) is 0 Å². The second-order valence-corrected chi connectivity index (χ2v) is 10.2. The van der Waals surface area contributed by atoms with E-state index in [9.17, 15) is 19.5 Å². The maximum absolute atomic E-state index is 13.2. The van der Waals surface area contributed by atoms with E-state index < -0.39 is 23.3 Å². The number of carboxylic acid groups (broad SMARTS) is 1. The molecule has 1 atom stereocenters. The van der Waals surface area contributed by atoms with E-state index in [0.717, 1.165) is 5.57 Å². The Hall–Kier alpha value is -3.40. The van der Waals surface area contributed by atoms with Crippen LogP contribution >= 0.6 is 23.2 Å². The fourth-order valence-corrected chi connectivity index (χ4v) is 5.05. The molecule has 186 valence electrons. The Morgan fingerprint density at radius 3 is 2.31 bits per heavy atom. The third-order valence-corrected chi connectivity index (χ3v) is 7.10. The second kappa shape index (κ2) is 11.1. The summed E-state index contributed by atoms with van der Waals surface area (Å²) in [6.07, 6.45) is 2.81. The van der Waals surface area contributed by atoms with Gasteiger partial charge in [-0.15, -0.1) is 0 Å². The standard InChI is InChI=1S/C28H26Cl2N2O4/c1-16-18(12-14-31)11-13-28(2,3)24(16)26(34)32-22(27(35)36)15-17-7-9-19(10-8-17)25(33)23-20(29)5-4-6-21(23)30/h4-10,12,22H,11,13,15H2,1-3H3,(H,32,34)(H,35,36)/t22-/m0/s1. The van der Waals surface area contributed by atoms with Gasteiger partial charge in [-0.1, -0.05) is 67.4 Å². The Morgan fingerprint density at radius 1 is 1.14 bits per heavy atom. The molecule has 6 nitrogen and oxygen atoms in total. The highest BCUT2D eigenvalue weighted by Crippen LogP contribution is 2.42. The van der Waals surface area contributed by atoms with Gasteiger partial charge in [-0.05, 0) is 54.0 Å². The van der Waals surface area contributed by atoms with Gasteiger partial charge in [0.05, 0.1) is 21.7 Å². The number of benzene rings is 2. The van der Waals surface area contributed by atoms with Gasteiger partial charge in [0.15, 0.2) is 5.78 Å². The minimum atomic E-state index is -1.18. The molecule has 0 saturated heterocycles. The molecular formula is C28H26Cl2N2O4. The van der Waals surface area contributed by atoms with Gasteiger partial charge < -0.3 is 10.4 Å². The lowest BCUT2D eigenvalue weighted by Crippen LogP contribution is -2.45. The minimum absolute atomic E-state index is 0.0239. The maximum atomic E-state index is 13.2. The van der Waals surface area contributed by atoms with Crippen molar-refractivity contribution in [3.05, 3.63) is 92.0 Å². The predicted octanol–water partition coefficient (Wildman–Crippen LogP) is 5.92. The molecular weight excluding hydrogens is 499 g/mol. The van der Waals surface area contributed by atoms with Crippen molar-refractivity contribution >= 4 is 40.9 Å². The molecule has 0 aromatic heterocycles. The van der Waals surface area contributed by atoms with E-state index in [2.05, 4.69) is 5.32 Å². The lowest BCUT2D eigenvalue weighted by molar-refractivity contribution is -0.141. The molecule has 3 rings (SSSR count). The van der Waals surface area contributed by atoms with E-state index in [4.69, 9.17) is 28.5 Å². The number of aliphatic carboxylic acids is 1. The average molecular weight is 525 g/mol. The SMILES string of the molecule is CC1=C(C(=O)N[C@@H](Cc2ccc(C(=O)c3c(Cl)cccc3Cl)cc2)C(=O)O)C(C)(C)CCC1=CC#N. The first kappa shape index (κ1) is 27.2. The molecule has 0 spiro atoms. The van der Waals surface area contributed by atoms with Gasteiger partial charge in [0.1, 0.15) is 6.04 Å². The summed E-state index contributed by atoms with van der Waals surface area (Å²) in [7, 11) is 0. The molecule has 2 aromatic carbocycles. The second-order valence-electron chi connectivity index (χ2n) is 9.37. The molecule has 0 radical (unpaired) electrons. The summed E-state index contributed by atoms with van der Waals surface area (Å²) in [5, 5.41) is 22.0. The van der Waals surface area contributed by atoms with Gasteiger partial charge >= 0.3 is 5.97 Å².